The Labute approximate surface area is 190 Å². The molecule has 0 aliphatic rings. The first-order valence-electron chi connectivity index (χ1n) is 9.63. The second kappa shape index (κ2) is 10.5. The van der Waals surface area contributed by atoms with Crippen molar-refractivity contribution in [3.8, 4) is 17.2 Å². The number of fused-ring (bicyclic) bond motifs is 1. The van der Waals surface area contributed by atoms with Crippen LogP contribution in [0.4, 0.5) is 0 Å². The van der Waals surface area contributed by atoms with Crippen molar-refractivity contribution in [1.29, 1.82) is 0 Å². The van der Waals surface area contributed by atoms with E-state index in [1.54, 1.807) is 0 Å². The highest BCUT2D eigenvalue weighted by Crippen LogP contribution is 2.38. The lowest BCUT2D eigenvalue weighted by Crippen LogP contribution is -2.48. The number of hydrogen-bond donors (Lipinski definition) is 3. The fourth-order valence-corrected chi connectivity index (χ4v) is 3.38. The number of thiocarbonyl (C=S) groups is 1. The molecule has 2 amide bonds. The predicted octanol–water partition coefficient (Wildman–Crippen LogP) is 2.74. The van der Waals surface area contributed by atoms with Gasteiger partial charge in [0.1, 0.15) is 0 Å². The average Bonchev–Trinajstić information content (AvgIpc) is 2.81. The molecule has 3 N–H and O–H groups in total. The lowest BCUT2D eigenvalue weighted by molar-refractivity contribution is -0.119. The van der Waals surface area contributed by atoms with Crippen LogP contribution in [0.1, 0.15) is 15.9 Å². The maximum Gasteiger partial charge on any atom is 0.269 e. The molecule has 3 aromatic carbocycles. The minimum atomic E-state index is -0.505. The molecular weight excluding hydrogens is 430 g/mol. The standard InChI is InChI=1S/C23H23N3O5S/c1-29-18-11-16(12-19(30-2)21(18)31-3)22(28)25-26-23(32)24-20(27)13-15-9-6-8-14-7-4-5-10-17(14)15/h4-12H,13H2,1-3H3,(H,25,28)(H2,24,26,27,32). The van der Waals surface area contributed by atoms with E-state index in [2.05, 4.69) is 16.2 Å². The Hall–Kier alpha value is -3.85. The molecule has 0 saturated carbocycles. The Morgan fingerprint density at radius 1 is 0.875 bits per heavy atom. The molecule has 0 fully saturated rings. The van der Waals surface area contributed by atoms with Gasteiger partial charge in [-0.3, -0.25) is 20.4 Å². The fraction of sp³-hybridized carbons (Fsp3) is 0.174. The number of ether oxygens (including phenoxy) is 3. The molecule has 0 bridgehead atoms. The van der Waals surface area contributed by atoms with Crippen LogP contribution in [0.5, 0.6) is 17.2 Å². The van der Waals surface area contributed by atoms with Crippen molar-refractivity contribution in [3.63, 3.8) is 0 Å². The maximum atomic E-state index is 12.5. The van der Waals surface area contributed by atoms with Gasteiger partial charge in [0.25, 0.3) is 5.91 Å². The van der Waals surface area contributed by atoms with Crippen molar-refractivity contribution in [2.45, 2.75) is 6.42 Å². The normalized spacial score (nSPS) is 10.2. The molecule has 0 spiro atoms. The molecule has 8 nitrogen and oxygen atoms in total. The van der Waals surface area contributed by atoms with Crippen molar-refractivity contribution in [2.75, 3.05) is 21.3 Å². The molecule has 0 atom stereocenters. The van der Waals surface area contributed by atoms with Crippen molar-refractivity contribution >= 4 is 39.9 Å². The van der Waals surface area contributed by atoms with Gasteiger partial charge in [-0.05, 0) is 40.7 Å². The monoisotopic (exact) mass is 453 g/mol. The predicted molar refractivity (Wildman–Crippen MR) is 125 cm³/mol. The van der Waals surface area contributed by atoms with Crippen LogP contribution in [0.15, 0.2) is 54.6 Å². The topological polar surface area (TPSA) is 97.9 Å². The van der Waals surface area contributed by atoms with Gasteiger partial charge in [-0.1, -0.05) is 42.5 Å². The summed E-state index contributed by atoms with van der Waals surface area (Å²) in [6, 6.07) is 16.6. The zero-order valence-corrected chi connectivity index (χ0v) is 18.7. The molecule has 3 rings (SSSR count). The van der Waals surface area contributed by atoms with Crippen LogP contribution in [-0.4, -0.2) is 38.3 Å². The summed E-state index contributed by atoms with van der Waals surface area (Å²) in [5.41, 5.74) is 6.09. The minimum absolute atomic E-state index is 0.0315. The highest BCUT2D eigenvalue weighted by Gasteiger charge is 2.17. The van der Waals surface area contributed by atoms with Gasteiger partial charge in [0.05, 0.1) is 27.8 Å². The SMILES string of the molecule is COc1cc(C(=O)NNC(=S)NC(=O)Cc2cccc3ccccc23)cc(OC)c1OC. The number of methoxy groups -OCH3 is 3. The Morgan fingerprint density at radius 2 is 1.53 bits per heavy atom. The Balaban J connectivity index is 1.60. The van der Waals surface area contributed by atoms with Crippen LogP contribution in [0.3, 0.4) is 0 Å². The van der Waals surface area contributed by atoms with Crippen LogP contribution in [0, 0.1) is 0 Å². The number of rotatable bonds is 6. The van der Waals surface area contributed by atoms with E-state index in [-0.39, 0.29) is 23.0 Å². The molecule has 0 heterocycles. The third-order valence-electron chi connectivity index (χ3n) is 4.70. The number of carbonyl (C=O) groups is 2. The van der Waals surface area contributed by atoms with Crippen molar-refractivity contribution in [2.24, 2.45) is 0 Å². The maximum absolute atomic E-state index is 12.5. The lowest BCUT2D eigenvalue weighted by Gasteiger charge is -2.15. The Kier molecular flexibility index (Phi) is 7.45. The highest BCUT2D eigenvalue weighted by atomic mass is 32.1. The van der Waals surface area contributed by atoms with Crippen LogP contribution < -0.4 is 30.4 Å². The second-order valence-corrected chi connectivity index (χ2v) is 7.09. The van der Waals surface area contributed by atoms with Crippen LogP contribution in [0.25, 0.3) is 10.8 Å². The van der Waals surface area contributed by atoms with E-state index in [0.29, 0.717) is 17.2 Å². The molecular formula is C23H23N3O5S. The molecule has 32 heavy (non-hydrogen) atoms. The average molecular weight is 454 g/mol. The van der Waals surface area contributed by atoms with Crippen LogP contribution in [0.2, 0.25) is 0 Å². The third-order valence-corrected chi connectivity index (χ3v) is 4.90. The fourth-order valence-electron chi connectivity index (χ4n) is 3.22. The molecule has 0 unspecified atom stereocenters. The number of hydrazine groups is 1. The number of amides is 2. The van der Waals surface area contributed by atoms with E-state index in [4.69, 9.17) is 26.4 Å². The Bertz CT molecular complexity index is 1140. The van der Waals surface area contributed by atoms with Gasteiger partial charge in [-0.25, -0.2) is 0 Å². The number of carbonyl (C=O) groups excluding carboxylic acids is 2. The van der Waals surface area contributed by atoms with E-state index < -0.39 is 5.91 Å². The molecule has 3 aromatic rings. The molecule has 166 valence electrons. The molecule has 9 heteroatoms. The van der Waals surface area contributed by atoms with E-state index in [9.17, 15) is 9.59 Å². The van der Waals surface area contributed by atoms with Gasteiger partial charge in [-0.15, -0.1) is 0 Å². The van der Waals surface area contributed by atoms with Gasteiger partial charge < -0.3 is 19.5 Å². The van der Waals surface area contributed by atoms with E-state index in [1.165, 1.54) is 33.5 Å². The zero-order chi connectivity index (χ0) is 23.1. The molecule has 0 aliphatic carbocycles. The van der Waals surface area contributed by atoms with Crippen molar-refractivity contribution in [1.82, 2.24) is 16.2 Å². The summed E-state index contributed by atoms with van der Waals surface area (Å²) in [5, 5.41) is 4.58. The molecule has 0 saturated heterocycles. The van der Waals surface area contributed by atoms with E-state index in [0.717, 1.165) is 16.3 Å². The smallest absolute Gasteiger partial charge is 0.269 e. The quantitative estimate of drug-likeness (QED) is 0.390. The van der Waals surface area contributed by atoms with E-state index >= 15 is 0 Å². The van der Waals surface area contributed by atoms with Crippen LogP contribution in [-0.2, 0) is 11.2 Å². The largest absolute Gasteiger partial charge is 0.493 e. The van der Waals surface area contributed by atoms with Gasteiger partial charge in [0.2, 0.25) is 11.7 Å². The third kappa shape index (κ3) is 5.25. The molecule has 0 aromatic heterocycles. The molecule has 0 radical (unpaired) electrons. The zero-order valence-electron chi connectivity index (χ0n) is 17.9. The summed E-state index contributed by atoms with van der Waals surface area (Å²) < 4.78 is 15.7. The first-order chi connectivity index (χ1) is 15.5. The lowest BCUT2D eigenvalue weighted by atomic mass is 10.0. The van der Waals surface area contributed by atoms with Crippen molar-refractivity contribution < 1.29 is 23.8 Å². The van der Waals surface area contributed by atoms with Crippen LogP contribution >= 0.6 is 12.2 Å². The van der Waals surface area contributed by atoms with Gasteiger partial charge in [-0.2, -0.15) is 0 Å². The number of nitrogens with one attached hydrogen (secondary N) is 3. The van der Waals surface area contributed by atoms with Gasteiger partial charge >= 0.3 is 0 Å². The Morgan fingerprint density at radius 3 is 2.19 bits per heavy atom. The number of hydrogen-bond acceptors (Lipinski definition) is 6. The second-order valence-electron chi connectivity index (χ2n) is 6.69. The first-order valence-corrected chi connectivity index (χ1v) is 10.0. The summed E-state index contributed by atoms with van der Waals surface area (Å²) >= 11 is 5.12. The van der Waals surface area contributed by atoms with E-state index in [1.807, 2.05) is 42.5 Å². The van der Waals surface area contributed by atoms with Gasteiger partial charge in [0.15, 0.2) is 16.6 Å². The number of benzene rings is 3. The van der Waals surface area contributed by atoms with Crippen molar-refractivity contribution in [3.05, 3.63) is 65.7 Å². The summed E-state index contributed by atoms with van der Waals surface area (Å²) in [6.45, 7) is 0. The summed E-state index contributed by atoms with van der Waals surface area (Å²) in [6.07, 6.45) is 0.143. The summed E-state index contributed by atoms with van der Waals surface area (Å²) in [7, 11) is 4.39. The van der Waals surface area contributed by atoms with Gasteiger partial charge in [0, 0.05) is 5.56 Å². The first kappa shape index (κ1) is 22.8. The molecule has 0 aliphatic heterocycles. The minimum Gasteiger partial charge on any atom is -0.493 e. The highest BCUT2D eigenvalue weighted by molar-refractivity contribution is 7.80. The summed E-state index contributed by atoms with van der Waals surface area (Å²) in [5.74, 6) is 0.234. The summed E-state index contributed by atoms with van der Waals surface area (Å²) in [4.78, 5) is 24.9.